The second-order valence-corrected chi connectivity index (χ2v) is 7.23. The fourth-order valence-electron chi connectivity index (χ4n) is 3.78. The lowest BCUT2D eigenvalue weighted by Crippen LogP contribution is -2.33. The molecule has 2 aromatic carbocycles. The van der Waals surface area contributed by atoms with Crippen molar-refractivity contribution in [2.45, 2.75) is 25.4 Å². The van der Waals surface area contributed by atoms with E-state index in [9.17, 15) is 18.0 Å². The van der Waals surface area contributed by atoms with Gasteiger partial charge in [0.1, 0.15) is 12.4 Å². The first-order valence-corrected chi connectivity index (χ1v) is 9.39. The first-order valence-electron chi connectivity index (χ1n) is 9.39. The summed E-state index contributed by atoms with van der Waals surface area (Å²) in [6.07, 6.45) is -1.99. The highest BCUT2D eigenvalue weighted by Crippen LogP contribution is 2.37. The van der Waals surface area contributed by atoms with Crippen LogP contribution in [0.15, 0.2) is 42.5 Å². The van der Waals surface area contributed by atoms with Gasteiger partial charge in [-0.15, -0.1) is 0 Å². The molecule has 0 spiro atoms. The molecule has 0 radical (unpaired) electrons. The number of nitrogens with zero attached hydrogens (tertiary/aromatic N) is 1. The van der Waals surface area contributed by atoms with Crippen molar-refractivity contribution >= 4 is 17.3 Å². The summed E-state index contributed by atoms with van der Waals surface area (Å²) < 4.78 is 45.2. The van der Waals surface area contributed by atoms with E-state index in [0.717, 1.165) is 49.4 Å². The number of rotatable bonds is 3. The van der Waals surface area contributed by atoms with E-state index >= 15 is 0 Å². The first kappa shape index (κ1) is 18.7. The molecule has 4 nitrogen and oxygen atoms in total. The van der Waals surface area contributed by atoms with Gasteiger partial charge in [0.15, 0.2) is 0 Å². The number of hydrogen-bond acceptors (Lipinski definition) is 3. The number of para-hydroxylation sites is 1. The van der Waals surface area contributed by atoms with E-state index in [1.807, 2.05) is 29.2 Å². The number of ether oxygens (including phenoxy) is 1. The molecule has 4 rings (SSSR count). The standard InChI is InChI=1S/C21H21F3N2O2/c22-21(23,24)16-7-8-18(26-9-3-4-10-26)17(12-16)25-20(27)15-11-14-5-1-2-6-19(14)28-13-15/h1-2,5-8,12,15H,3-4,9-11,13H2,(H,25,27)/t15-/m0/s1. The second-order valence-electron chi connectivity index (χ2n) is 7.23. The van der Waals surface area contributed by atoms with E-state index in [4.69, 9.17) is 4.74 Å². The molecule has 1 saturated heterocycles. The van der Waals surface area contributed by atoms with Crippen LogP contribution in [-0.2, 0) is 17.4 Å². The van der Waals surface area contributed by atoms with Crippen molar-refractivity contribution in [1.29, 1.82) is 0 Å². The highest BCUT2D eigenvalue weighted by atomic mass is 19.4. The molecular weight excluding hydrogens is 369 g/mol. The largest absolute Gasteiger partial charge is 0.492 e. The molecule has 0 saturated carbocycles. The topological polar surface area (TPSA) is 41.6 Å². The highest BCUT2D eigenvalue weighted by Gasteiger charge is 2.33. The smallest absolute Gasteiger partial charge is 0.416 e. The van der Waals surface area contributed by atoms with Gasteiger partial charge in [0, 0.05) is 13.1 Å². The summed E-state index contributed by atoms with van der Waals surface area (Å²) in [6, 6.07) is 11.0. The molecule has 7 heteroatoms. The number of alkyl halides is 3. The minimum absolute atomic E-state index is 0.209. The molecule has 0 bridgehead atoms. The molecule has 2 aliphatic rings. The van der Waals surface area contributed by atoms with E-state index in [2.05, 4.69) is 5.32 Å². The van der Waals surface area contributed by atoms with Gasteiger partial charge in [-0.1, -0.05) is 18.2 Å². The van der Waals surface area contributed by atoms with Crippen molar-refractivity contribution in [3.63, 3.8) is 0 Å². The van der Waals surface area contributed by atoms with Crippen LogP contribution in [0.1, 0.15) is 24.0 Å². The molecule has 0 aromatic heterocycles. The fourth-order valence-corrected chi connectivity index (χ4v) is 3.78. The number of anilines is 2. The third-order valence-electron chi connectivity index (χ3n) is 5.28. The zero-order valence-corrected chi connectivity index (χ0v) is 15.3. The van der Waals surface area contributed by atoms with Crippen LogP contribution < -0.4 is 15.0 Å². The minimum atomic E-state index is -4.46. The summed E-state index contributed by atoms with van der Waals surface area (Å²) in [6.45, 7) is 1.75. The molecule has 148 valence electrons. The Bertz CT molecular complexity index is 876. The van der Waals surface area contributed by atoms with Crippen molar-refractivity contribution in [3.05, 3.63) is 53.6 Å². The summed E-state index contributed by atoms with van der Waals surface area (Å²) in [5.41, 5.74) is 1.00. The van der Waals surface area contributed by atoms with Gasteiger partial charge in [-0.3, -0.25) is 4.79 Å². The molecule has 0 unspecified atom stereocenters. The predicted molar refractivity (Wildman–Crippen MR) is 101 cm³/mol. The Morgan fingerprint density at radius 1 is 1.11 bits per heavy atom. The van der Waals surface area contributed by atoms with Crippen LogP contribution in [0.3, 0.4) is 0 Å². The summed E-state index contributed by atoms with van der Waals surface area (Å²) in [4.78, 5) is 14.8. The maximum absolute atomic E-state index is 13.2. The number of benzene rings is 2. The molecule has 0 aliphatic carbocycles. The number of carbonyl (C=O) groups is 1. The number of halogens is 3. The summed E-state index contributed by atoms with van der Waals surface area (Å²) in [5, 5.41) is 2.74. The van der Waals surface area contributed by atoms with Gasteiger partial charge >= 0.3 is 6.18 Å². The lowest BCUT2D eigenvalue weighted by atomic mass is 9.96. The van der Waals surface area contributed by atoms with Gasteiger partial charge in [0.25, 0.3) is 0 Å². The van der Waals surface area contributed by atoms with E-state index in [1.165, 1.54) is 6.07 Å². The molecule has 1 N–H and O–H groups in total. The Kier molecular flexibility index (Phi) is 4.91. The summed E-state index contributed by atoms with van der Waals surface area (Å²) in [5.74, 6) is -0.0199. The molecule has 2 aliphatic heterocycles. The van der Waals surface area contributed by atoms with Crippen LogP contribution in [0.25, 0.3) is 0 Å². The quantitative estimate of drug-likeness (QED) is 0.839. The maximum Gasteiger partial charge on any atom is 0.416 e. The lowest BCUT2D eigenvalue weighted by molar-refractivity contribution is -0.137. The predicted octanol–water partition coefficient (Wildman–Crippen LogP) is 4.50. The SMILES string of the molecule is O=C(Nc1cc(C(F)(F)F)ccc1N1CCCC1)[C@@H]1COc2ccccc2C1. The third-order valence-corrected chi connectivity index (χ3v) is 5.28. The number of amides is 1. The average Bonchev–Trinajstić information content (AvgIpc) is 3.21. The van der Waals surface area contributed by atoms with E-state index in [1.54, 1.807) is 0 Å². The van der Waals surface area contributed by atoms with E-state index in [0.29, 0.717) is 12.1 Å². The Hall–Kier alpha value is -2.70. The number of fused-ring (bicyclic) bond motifs is 1. The molecular formula is C21H21F3N2O2. The van der Waals surface area contributed by atoms with Crippen LogP contribution in [0, 0.1) is 5.92 Å². The molecule has 1 atom stereocenters. The normalized spacial score (nSPS) is 19.1. The van der Waals surface area contributed by atoms with Crippen molar-refractivity contribution in [2.24, 2.45) is 5.92 Å². The third kappa shape index (κ3) is 3.79. The second kappa shape index (κ2) is 7.37. The van der Waals surface area contributed by atoms with Gasteiger partial charge in [-0.2, -0.15) is 13.2 Å². The zero-order valence-electron chi connectivity index (χ0n) is 15.3. The highest BCUT2D eigenvalue weighted by molar-refractivity contribution is 5.96. The number of carbonyl (C=O) groups excluding carboxylic acids is 1. The van der Waals surface area contributed by atoms with Gasteiger partial charge < -0.3 is 15.0 Å². The monoisotopic (exact) mass is 390 g/mol. The Morgan fingerprint density at radius 3 is 2.61 bits per heavy atom. The molecule has 2 heterocycles. The van der Waals surface area contributed by atoms with Crippen LogP contribution in [-0.4, -0.2) is 25.6 Å². The van der Waals surface area contributed by atoms with E-state index in [-0.39, 0.29) is 18.2 Å². The van der Waals surface area contributed by atoms with Gasteiger partial charge in [-0.25, -0.2) is 0 Å². The van der Waals surface area contributed by atoms with Crippen LogP contribution in [0.2, 0.25) is 0 Å². The molecule has 2 aromatic rings. The molecule has 1 fully saturated rings. The minimum Gasteiger partial charge on any atom is -0.492 e. The van der Waals surface area contributed by atoms with E-state index < -0.39 is 17.7 Å². The lowest BCUT2D eigenvalue weighted by Gasteiger charge is -2.26. The van der Waals surface area contributed by atoms with Crippen molar-refractivity contribution < 1.29 is 22.7 Å². The van der Waals surface area contributed by atoms with Crippen LogP contribution in [0.5, 0.6) is 5.75 Å². The van der Waals surface area contributed by atoms with Gasteiger partial charge in [-0.05, 0) is 49.1 Å². The van der Waals surface area contributed by atoms with Crippen molar-refractivity contribution in [2.75, 3.05) is 29.9 Å². The van der Waals surface area contributed by atoms with Crippen molar-refractivity contribution in [3.8, 4) is 5.75 Å². The Morgan fingerprint density at radius 2 is 1.86 bits per heavy atom. The molecule has 1 amide bonds. The van der Waals surface area contributed by atoms with Gasteiger partial charge in [0.05, 0.1) is 22.9 Å². The van der Waals surface area contributed by atoms with Crippen LogP contribution >= 0.6 is 0 Å². The first-order chi connectivity index (χ1) is 13.4. The maximum atomic E-state index is 13.2. The molecule has 28 heavy (non-hydrogen) atoms. The zero-order chi connectivity index (χ0) is 19.7. The van der Waals surface area contributed by atoms with Crippen molar-refractivity contribution in [1.82, 2.24) is 0 Å². The Balaban J connectivity index is 1.58. The number of nitrogens with one attached hydrogen (secondary N) is 1. The number of hydrogen-bond donors (Lipinski definition) is 1. The van der Waals surface area contributed by atoms with Crippen LogP contribution in [0.4, 0.5) is 24.5 Å². The summed E-state index contributed by atoms with van der Waals surface area (Å²) >= 11 is 0. The summed E-state index contributed by atoms with van der Waals surface area (Å²) in [7, 11) is 0. The average molecular weight is 390 g/mol. The fraction of sp³-hybridized carbons (Fsp3) is 0.381. The van der Waals surface area contributed by atoms with Gasteiger partial charge in [0.2, 0.25) is 5.91 Å². The Labute approximate surface area is 161 Å².